The number of rotatable bonds is 2. The Bertz CT molecular complexity index is 638. The average molecular weight is 270 g/mol. The minimum atomic E-state index is -4.39. The Labute approximate surface area is 107 Å². The van der Waals surface area contributed by atoms with Gasteiger partial charge in [0.15, 0.2) is 0 Å². The van der Waals surface area contributed by atoms with Crippen LogP contribution in [0.3, 0.4) is 0 Å². The van der Waals surface area contributed by atoms with Crippen molar-refractivity contribution in [2.45, 2.75) is 26.1 Å². The van der Waals surface area contributed by atoms with Crippen molar-refractivity contribution >= 4 is 0 Å². The molecule has 19 heavy (non-hydrogen) atoms. The predicted molar refractivity (Wildman–Crippen MR) is 65.9 cm³/mol. The zero-order chi connectivity index (χ0) is 14.2. The second kappa shape index (κ2) is 4.60. The van der Waals surface area contributed by atoms with E-state index in [1.54, 1.807) is 10.7 Å². The summed E-state index contributed by atoms with van der Waals surface area (Å²) in [5.74, 6) is 0. The normalized spacial score (nSPS) is 12.1. The highest BCUT2D eigenvalue weighted by atomic mass is 19.4. The first-order valence-electron chi connectivity index (χ1n) is 5.78. The van der Waals surface area contributed by atoms with Crippen molar-refractivity contribution in [2.24, 2.45) is 0 Å². The molecule has 0 bridgehead atoms. The molecule has 6 heteroatoms. The van der Waals surface area contributed by atoms with Crippen LogP contribution in [0.25, 0.3) is 11.3 Å². The van der Waals surface area contributed by atoms with Crippen molar-refractivity contribution < 1.29 is 13.2 Å². The summed E-state index contributed by atoms with van der Waals surface area (Å²) in [6.45, 7) is 3.68. The number of nitrogens with one attached hydrogen (secondary N) is 1. The fourth-order valence-electron chi connectivity index (χ4n) is 1.89. The van der Waals surface area contributed by atoms with E-state index in [-0.39, 0.29) is 11.6 Å². The summed E-state index contributed by atoms with van der Waals surface area (Å²) in [6, 6.07) is 6.19. The van der Waals surface area contributed by atoms with E-state index in [2.05, 4.69) is 5.10 Å². The lowest BCUT2D eigenvalue weighted by atomic mass is 10.1. The van der Waals surface area contributed by atoms with Gasteiger partial charge in [-0.2, -0.15) is 13.2 Å². The topological polar surface area (TPSA) is 37.8 Å². The predicted octanol–water partition coefficient (Wildman–Crippen LogP) is 3.44. The monoisotopic (exact) mass is 270 g/mol. The molecule has 0 spiro atoms. The summed E-state index contributed by atoms with van der Waals surface area (Å²) in [5, 5.41) is 2.58. The van der Waals surface area contributed by atoms with Crippen molar-refractivity contribution in [3.63, 3.8) is 0 Å². The first-order chi connectivity index (χ1) is 8.79. The van der Waals surface area contributed by atoms with Crippen LogP contribution in [0.5, 0.6) is 0 Å². The third-order valence-corrected chi connectivity index (χ3v) is 2.76. The lowest BCUT2D eigenvalue weighted by Crippen LogP contribution is -2.09. The number of hydrogen-bond donors (Lipinski definition) is 1. The zero-order valence-electron chi connectivity index (χ0n) is 10.5. The number of alkyl halides is 3. The molecule has 0 aliphatic carbocycles. The van der Waals surface area contributed by atoms with Crippen molar-refractivity contribution in [1.82, 2.24) is 9.78 Å². The molecule has 102 valence electrons. The van der Waals surface area contributed by atoms with Crippen molar-refractivity contribution in [3.05, 3.63) is 46.2 Å². The molecule has 1 heterocycles. The minimum absolute atomic E-state index is 0.0488. The Hall–Kier alpha value is -1.98. The number of nitrogens with zero attached hydrogens (tertiary/aromatic N) is 1. The maximum atomic E-state index is 12.7. The van der Waals surface area contributed by atoms with Crippen molar-refractivity contribution in [2.75, 3.05) is 0 Å². The number of benzene rings is 1. The highest BCUT2D eigenvalue weighted by Crippen LogP contribution is 2.32. The van der Waals surface area contributed by atoms with Crippen LogP contribution >= 0.6 is 0 Å². The first-order valence-corrected chi connectivity index (χ1v) is 5.78. The van der Waals surface area contributed by atoms with Crippen LogP contribution in [-0.2, 0) is 6.18 Å². The van der Waals surface area contributed by atoms with Crippen LogP contribution in [0, 0.1) is 0 Å². The Balaban J connectivity index is 2.57. The van der Waals surface area contributed by atoms with Crippen LogP contribution in [0.1, 0.15) is 25.5 Å². The molecule has 0 aliphatic heterocycles. The van der Waals surface area contributed by atoms with Gasteiger partial charge in [-0.3, -0.25) is 14.6 Å². The Kier molecular flexibility index (Phi) is 3.26. The molecule has 1 N–H and O–H groups in total. The molecule has 0 radical (unpaired) electrons. The van der Waals surface area contributed by atoms with Crippen molar-refractivity contribution in [3.8, 4) is 11.3 Å². The van der Waals surface area contributed by atoms with Crippen LogP contribution in [-0.4, -0.2) is 9.78 Å². The highest BCUT2D eigenvalue weighted by Gasteiger charge is 2.30. The molecule has 0 atom stereocenters. The average Bonchev–Trinajstić information content (AvgIpc) is 2.71. The van der Waals surface area contributed by atoms with Gasteiger partial charge in [0, 0.05) is 17.7 Å². The van der Waals surface area contributed by atoms with Gasteiger partial charge in [-0.1, -0.05) is 12.1 Å². The quantitative estimate of drug-likeness (QED) is 0.891. The second-order valence-corrected chi connectivity index (χ2v) is 4.55. The number of hydrogen-bond acceptors (Lipinski definition) is 1. The molecular weight excluding hydrogens is 257 g/mol. The molecule has 2 aromatic rings. The van der Waals surface area contributed by atoms with Gasteiger partial charge < -0.3 is 0 Å². The summed E-state index contributed by atoms with van der Waals surface area (Å²) in [5.41, 5.74) is -0.247. The standard InChI is InChI=1S/C13H13F3N2O/c1-8(2)18-11(7-12(19)17-18)9-4-3-5-10(6-9)13(14,15)16/h3-8H,1-2H3,(H,17,19). The summed E-state index contributed by atoms with van der Waals surface area (Å²) < 4.78 is 39.6. The molecule has 3 nitrogen and oxygen atoms in total. The van der Waals surface area contributed by atoms with Crippen LogP contribution in [0.4, 0.5) is 13.2 Å². The van der Waals surface area contributed by atoms with Crippen LogP contribution in [0.2, 0.25) is 0 Å². The van der Waals surface area contributed by atoms with Gasteiger partial charge in [0.05, 0.1) is 11.3 Å². The van der Waals surface area contributed by atoms with E-state index in [0.29, 0.717) is 11.3 Å². The first kappa shape index (κ1) is 13.5. The van der Waals surface area contributed by atoms with Gasteiger partial charge in [-0.25, -0.2) is 0 Å². The lowest BCUT2D eigenvalue weighted by molar-refractivity contribution is -0.137. The number of aromatic amines is 1. The van der Waals surface area contributed by atoms with Crippen LogP contribution in [0.15, 0.2) is 35.1 Å². The maximum absolute atomic E-state index is 12.7. The van der Waals surface area contributed by atoms with E-state index in [1.807, 2.05) is 13.8 Å². The number of aromatic nitrogens is 2. The van der Waals surface area contributed by atoms with Gasteiger partial charge in [0.2, 0.25) is 0 Å². The maximum Gasteiger partial charge on any atom is 0.416 e. The van der Waals surface area contributed by atoms with Crippen molar-refractivity contribution in [1.29, 1.82) is 0 Å². The molecule has 0 amide bonds. The SMILES string of the molecule is CC(C)n1[nH]c(=O)cc1-c1cccc(C(F)(F)F)c1. The Morgan fingerprint density at radius 3 is 2.47 bits per heavy atom. The Morgan fingerprint density at radius 1 is 1.21 bits per heavy atom. The lowest BCUT2D eigenvalue weighted by Gasteiger charge is -2.13. The largest absolute Gasteiger partial charge is 0.416 e. The van der Waals surface area contributed by atoms with E-state index < -0.39 is 11.7 Å². The van der Waals surface area contributed by atoms with E-state index in [9.17, 15) is 18.0 Å². The van der Waals surface area contributed by atoms with Gasteiger partial charge in [-0.05, 0) is 26.0 Å². The third kappa shape index (κ3) is 2.72. The number of H-pyrrole nitrogens is 1. The molecule has 2 rings (SSSR count). The second-order valence-electron chi connectivity index (χ2n) is 4.55. The molecule has 0 saturated heterocycles. The molecule has 0 fully saturated rings. The third-order valence-electron chi connectivity index (χ3n) is 2.76. The highest BCUT2D eigenvalue weighted by molar-refractivity contribution is 5.60. The fraction of sp³-hybridized carbons (Fsp3) is 0.308. The van der Waals surface area contributed by atoms with E-state index >= 15 is 0 Å². The van der Waals surface area contributed by atoms with Gasteiger partial charge in [0.1, 0.15) is 0 Å². The van der Waals surface area contributed by atoms with Gasteiger partial charge in [-0.15, -0.1) is 0 Å². The summed E-state index contributed by atoms with van der Waals surface area (Å²) in [7, 11) is 0. The van der Waals surface area contributed by atoms with Crippen LogP contribution < -0.4 is 5.56 Å². The Morgan fingerprint density at radius 2 is 1.89 bits per heavy atom. The molecule has 0 aliphatic rings. The van der Waals surface area contributed by atoms with E-state index in [4.69, 9.17) is 0 Å². The molecule has 1 aromatic heterocycles. The van der Waals surface area contributed by atoms with Gasteiger partial charge >= 0.3 is 6.18 Å². The fourth-order valence-corrected chi connectivity index (χ4v) is 1.89. The summed E-state index contributed by atoms with van der Waals surface area (Å²) in [4.78, 5) is 11.4. The molecule has 0 unspecified atom stereocenters. The smallest absolute Gasteiger partial charge is 0.282 e. The molecule has 1 aromatic carbocycles. The summed E-state index contributed by atoms with van der Waals surface area (Å²) in [6.07, 6.45) is -4.39. The minimum Gasteiger partial charge on any atom is -0.282 e. The van der Waals surface area contributed by atoms with E-state index in [1.165, 1.54) is 12.1 Å². The van der Waals surface area contributed by atoms with Gasteiger partial charge in [0.25, 0.3) is 5.56 Å². The summed E-state index contributed by atoms with van der Waals surface area (Å²) >= 11 is 0. The molecular formula is C13H13F3N2O. The van der Waals surface area contributed by atoms with E-state index in [0.717, 1.165) is 12.1 Å². The zero-order valence-corrected chi connectivity index (χ0v) is 10.5. The molecule has 0 saturated carbocycles. The number of halogens is 3.